The summed E-state index contributed by atoms with van der Waals surface area (Å²) in [7, 11) is -0.787. The number of ether oxygens (including phenoxy) is 2. The van der Waals surface area contributed by atoms with Gasteiger partial charge in [-0.3, -0.25) is 18.6 Å². The Morgan fingerprint density at radius 2 is 0.932 bits per heavy atom. The lowest BCUT2D eigenvalue weighted by molar-refractivity contribution is -0.161. The molecule has 2 unspecified atom stereocenters. The first-order valence-corrected chi connectivity index (χ1v) is 23.7. The molecule has 0 heterocycles. The molecule has 0 saturated heterocycles. The van der Waals surface area contributed by atoms with Crippen molar-refractivity contribution in [1.29, 1.82) is 0 Å². The van der Waals surface area contributed by atoms with Crippen LogP contribution in [0.15, 0.2) is 109 Å². The van der Waals surface area contributed by atoms with Gasteiger partial charge in [0.15, 0.2) is 6.10 Å². The lowest BCUT2D eigenvalue weighted by atomic mass is 10.2. The molecule has 0 rings (SSSR count). The number of unbranched alkanes of at least 4 members (excludes halogenated alkanes) is 7. The van der Waals surface area contributed by atoms with Crippen LogP contribution in [0.5, 0.6) is 0 Å². The summed E-state index contributed by atoms with van der Waals surface area (Å²) in [6.07, 6.45) is 55.9. The van der Waals surface area contributed by atoms with Crippen LogP contribution >= 0.6 is 7.82 Å². The van der Waals surface area contributed by atoms with Crippen molar-refractivity contribution in [2.24, 2.45) is 0 Å². The molecule has 0 spiro atoms. The van der Waals surface area contributed by atoms with Gasteiger partial charge in [-0.15, -0.1) is 0 Å². The topological polar surface area (TPSA) is 112 Å². The Labute approximate surface area is 359 Å². The molecule has 0 aliphatic carbocycles. The van der Waals surface area contributed by atoms with Crippen LogP contribution in [0.25, 0.3) is 0 Å². The van der Waals surface area contributed by atoms with Gasteiger partial charge in [-0.25, -0.2) is 4.57 Å². The molecule has 0 bridgehead atoms. The van der Waals surface area contributed by atoms with E-state index in [9.17, 15) is 19.0 Å². The second kappa shape index (κ2) is 42.8. The van der Waals surface area contributed by atoms with Gasteiger partial charge in [0.1, 0.15) is 6.61 Å². The average molecular weight is 842 g/mol. The Kier molecular flexibility index (Phi) is 40.4. The maximum absolute atomic E-state index is 12.6. The third kappa shape index (κ3) is 44.1. The molecular weight excluding hydrogens is 762 g/mol. The van der Waals surface area contributed by atoms with Crippen molar-refractivity contribution in [1.82, 2.24) is 4.90 Å². The number of nitrogens with zero attached hydrogens (tertiary/aromatic N) is 1. The number of allylic oxidation sites excluding steroid dienone is 18. The summed E-state index contributed by atoms with van der Waals surface area (Å²) in [5, 5.41) is 0. The Balaban J connectivity index is 4.53. The maximum atomic E-state index is 12.6. The van der Waals surface area contributed by atoms with Gasteiger partial charge in [-0.1, -0.05) is 149 Å². The second-order valence-electron chi connectivity index (χ2n) is 14.5. The van der Waals surface area contributed by atoms with E-state index in [1.807, 2.05) is 32.3 Å². The van der Waals surface area contributed by atoms with Crippen molar-refractivity contribution < 1.29 is 37.6 Å². The summed E-state index contributed by atoms with van der Waals surface area (Å²) in [5.74, 6) is -0.977. The number of carbonyl (C=O) groups is 2. The average Bonchev–Trinajstić information content (AvgIpc) is 3.20. The fourth-order valence-electron chi connectivity index (χ4n) is 5.13. The van der Waals surface area contributed by atoms with Gasteiger partial charge in [-0.05, 0) is 104 Å². The first-order valence-electron chi connectivity index (χ1n) is 22.2. The zero-order chi connectivity index (χ0) is 43.3. The SMILES string of the molecule is CCCCC/C=C\C/C=C\C/C=C\C/C=C\C/C=C\CCC(=O)OC(COC(=O)CCC/C=C\C/C=C\C/C=C\C/C=C\CCCCC)COP(=O)(O)OCCN(C)C. The van der Waals surface area contributed by atoms with Gasteiger partial charge in [0.2, 0.25) is 0 Å². The van der Waals surface area contributed by atoms with E-state index in [-0.39, 0.29) is 26.1 Å². The van der Waals surface area contributed by atoms with E-state index >= 15 is 0 Å². The standard InChI is InChI=1S/C49H80NO8P/c1-5-7-9-11-13-15-17-19-21-23-24-26-28-30-32-34-36-38-40-42-49(52)58-47(46-57-59(53,54)56-44-43-50(3)4)45-55-48(51)41-39-37-35-33-31-29-27-25-22-20-18-16-14-12-10-8-6-2/h13-16,19-22,24,26-27,29-30,32-33,35-36,38,47H,5-12,17-18,23,25,28,31,34,37,39-46H2,1-4H3,(H,53,54)/b15-13-,16-14-,21-19-,22-20-,26-24-,29-27-,32-30-,35-33-,38-36-. The van der Waals surface area contributed by atoms with Crippen molar-refractivity contribution in [2.45, 2.75) is 148 Å². The highest BCUT2D eigenvalue weighted by Crippen LogP contribution is 2.43. The fourth-order valence-corrected chi connectivity index (χ4v) is 5.87. The molecule has 0 aliphatic rings. The highest BCUT2D eigenvalue weighted by atomic mass is 31.2. The molecule has 10 heteroatoms. The van der Waals surface area contributed by atoms with Gasteiger partial charge in [0.25, 0.3) is 0 Å². The van der Waals surface area contributed by atoms with E-state index in [1.165, 1.54) is 51.4 Å². The number of rotatable bonds is 39. The Morgan fingerprint density at radius 1 is 0.525 bits per heavy atom. The molecule has 0 aromatic heterocycles. The Hall–Kier alpha value is -3.33. The summed E-state index contributed by atoms with van der Waals surface area (Å²) < 4.78 is 33.3. The van der Waals surface area contributed by atoms with Gasteiger partial charge >= 0.3 is 19.8 Å². The van der Waals surface area contributed by atoms with E-state index in [1.54, 1.807) is 4.90 Å². The molecule has 0 fully saturated rings. The largest absolute Gasteiger partial charge is 0.472 e. The summed E-state index contributed by atoms with van der Waals surface area (Å²) in [6.45, 7) is 4.09. The van der Waals surface area contributed by atoms with Crippen molar-refractivity contribution in [3.05, 3.63) is 109 Å². The van der Waals surface area contributed by atoms with Crippen LogP contribution in [0.2, 0.25) is 0 Å². The molecule has 0 aliphatic heterocycles. The fraction of sp³-hybridized carbons (Fsp3) is 0.592. The first-order chi connectivity index (χ1) is 28.7. The molecule has 1 N–H and O–H groups in total. The van der Waals surface area contributed by atoms with Crippen LogP contribution in [0.3, 0.4) is 0 Å². The maximum Gasteiger partial charge on any atom is 0.472 e. The van der Waals surface area contributed by atoms with E-state index in [2.05, 4.69) is 105 Å². The molecule has 0 radical (unpaired) electrons. The molecule has 9 nitrogen and oxygen atoms in total. The quantitative estimate of drug-likeness (QED) is 0.0280. The number of phosphoric acid groups is 1. The van der Waals surface area contributed by atoms with Crippen molar-refractivity contribution in [3.63, 3.8) is 0 Å². The van der Waals surface area contributed by atoms with Gasteiger partial charge in [0, 0.05) is 19.4 Å². The van der Waals surface area contributed by atoms with Gasteiger partial charge in [0.05, 0.1) is 13.2 Å². The zero-order valence-electron chi connectivity index (χ0n) is 37.1. The van der Waals surface area contributed by atoms with Gasteiger partial charge in [-0.2, -0.15) is 0 Å². The second-order valence-corrected chi connectivity index (χ2v) is 16.0. The van der Waals surface area contributed by atoms with E-state index in [4.69, 9.17) is 18.5 Å². The molecular formula is C49H80NO8P. The number of esters is 2. The summed E-state index contributed by atoms with van der Waals surface area (Å²) in [4.78, 5) is 37.0. The lowest BCUT2D eigenvalue weighted by Gasteiger charge is -2.20. The van der Waals surface area contributed by atoms with Gasteiger partial charge < -0.3 is 19.3 Å². The third-order valence-corrected chi connectivity index (χ3v) is 9.55. The highest BCUT2D eigenvalue weighted by Gasteiger charge is 2.26. The van der Waals surface area contributed by atoms with Crippen LogP contribution in [-0.4, -0.2) is 68.3 Å². The van der Waals surface area contributed by atoms with Crippen LogP contribution in [-0.2, 0) is 32.7 Å². The Bertz CT molecular complexity index is 1340. The molecule has 0 aromatic carbocycles. The smallest absolute Gasteiger partial charge is 0.462 e. The number of hydrogen-bond acceptors (Lipinski definition) is 8. The molecule has 0 amide bonds. The van der Waals surface area contributed by atoms with Crippen molar-refractivity contribution in [3.8, 4) is 0 Å². The zero-order valence-corrected chi connectivity index (χ0v) is 38.0. The minimum Gasteiger partial charge on any atom is -0.462 e. The predicted octanol–water partition coefficient (Wildman–Crippen LogP) is 13.0. The molecule has 0 aromatic rings. The van der Waals surface area contributed by atoms with E-state index < -0.39 is 32.5 Å². The number of likely N-dealkylation sites (N-methyl/N-ethyl adjacent to an activating group) is 1. The van der Waals surface area contributed by atoms with Crippen LogP contribution < -0.4 is 0 Å². The normalized spacial score (nSPS) is 14.4. The third-order valence-electron chi connectivity index (χ3n) is 8.57. The molecule has 59 heavy (non-hydrogen) atoms. The predicted molar refractivity (Wildman–Crippen MR) is 247 cm³/mol. The summed E-state index contributed by atoms with van der Waals surface area (Å²) in [5.41, 5.74) is 0. The molecule has 2 atom stereocenters. The van der Waals surface area contributed by atoms with Crippen LogP contribution in [0.1, 0.15) is 142 Å². The number of carbonyl (C=O) groups excluding carboxylic acids is 2. The van der Waals surface area contributed by atoms with Crippen LogP contribution in [0, 0.1) is 0 Å². The minimum atomic E-state index is -4.40. The number of hydrogen-bond donors (Lipinski definition) is 1. The molecule has 0 saturated carbocycles. The Morgan fingerprint density at radius 3 is 1.36 bits per heavy atom. The lowest BCUT2D eigenvalue weighted by Crippen LogP contribution is -2.29. The summed E-state index contributed by atoms with van der Waals surface area (Å²) in [6, 6.07) is 0. The highest BCUT2D eigenvalue weighted by molar-refractivity contribution is 7.47. The van der Waals surface area contributed by atoms with Crippen LogP contribution in [0.4, 0.5) is 0 Å². The van der Waals surface area contributed by atoms with Crippen molar-refractivity contribution in [2.75, 3.05) is 40.5 Å². The monoisotopic (exact) mass is 842 g/mol. The first kappa shape index (κ1) is 55.7. The van der Waals surface area contributed by atoms with Crippen molar-refractivity contribution >= 4 is 19.8 Å². The van der Waals surface area contributed by atoms with E-state index in [0.29, 0.717) is 19.4 Å². The van der Waals surface area contributed by atoms with E-state index in [0.717, 1.165) is 51.4 Å². The number of phosphoric ester groups is 1. The minimum absolute atomic E-state index is 0.0208. The molecule has 334 valence electrons. The summed E-state index contributed by atoms with van der Waals surface area (Å²) >= 11 is 0.